The van der Waals surface area contributed by atoms with Crippen molar-refractivity contribution in [1.82, 2.24) is 0 Å². The lowest BCUT2D eigenvalue weighted by Crippen LogP contribution is -2.47. The molecule has 4 nitrogen and oxygen atoms in total. The van der Waals surface area contributed by atoms with Gasteiger partial charge < -0.3 is 10.2 Å². The van der Waals surface area contributed by atoms with E-state index in [4.69, 9.17) is 0 Å². The van der Waals surface area contributed by atoms with Gasteiger partial charge >= 0.3 is 0 Å². The van der Waals surface area contributed by atoms with Crippen molar-refractivity contribution in [3.8, 4) is 0 Å². The van der Waals surface area contributed by atoms with E-state index in [-0.39, 0.29) is 17.2 Å². The first kappa shape index (κ1) is 17.7. The van der Waals surface area contributed by atoms with E-state index in [0.29, 0.717) is 13.0 Å². The smallest absolute Gasteiger partial charge is 0.224 e. The lowest BCUT2D eigenvalue weighted by molar-refractivity contribution is -0.124. The lowest BCUT2D eigenvalue weighted by Gasteiger charge is -2.56. The minimum atomic E-state index is 0.0349. The van der Waals surface area contributed by atoms with E-state index in [9.17, 15) is 9.59 Å². The molecule has 4 fully saturated rings. The normalized spacial score (nSPS) is 33.3. The standard InChI is InChI=1S/C22H27BrN2O2/c1-13(26)25-3-2-17-7-18(23)8-19(21(17)25)24-20(27)12-22-9-14-4-15(10-22)6-16(5-14)11-22/h7-8,14-16H,2-6,9-12H2,1H3,(H,24,27). The largest absolute Gasteiger partial charge is 0.324 e. The number of benzene rings is 1. The number of carbonyl (C=O) groups excluding carboxylic acids is 2. The Hall–Kier alpha value is -1.36. The van der Waals surface area contributed by atoms with Gasteiger partial charge in [0.15, 0.2) is 0 Å². The molecule has 4 saturated carbocycles. The summed E-state index contributed by atoms with van der Waals surface area (Å²) in [6.45, 7) is 2.29. The van der Waals surface area contributed by atoms with Gasteiger partial charge in [-0.3, -0.25) is 9.59 Å². The molecule has 1 heterocycles. The molecule has 0 unspecified atom stereocenters. The van der Waals surface area contributed by atoms with Gasteiger partial charge in [-0.25, -0.2) is 0 Å². The fourth-order valence-corrected chi connectivity index (χ4v) is 7.47. The summed E-state index contributed by atoms with van der Waals surface area (Å²) in [6, 6.07) is 4.00. The molecular weight excluding hydrogens is 404 g/mol. The lowest BCUT2D eigenvalue weighted by atomic mass is 9.49. The Bertz CT molecular complexity index is 783. The number of halogens is 1. The zero-order valence-corrected chi connectivity index (χ0v) is 17.5. The van der Waals surface area contributed by atoms with Crippen molar-refractivity contribution in [2.75, 3.05) is 16.8 Å². The van der Waals surface area contributed by atoms with Gasteiger partial charge in [-0.2, -0.15) is 0 Å². The molecule has 6 rings (SSSR count). The number of fused-ring (bicyclic) bond motifs is 1. The Morgan fingerprint density at radius 2 is 1.78 bits per heavy atom. The Morgan fingerprint density at radius 3 is 2.37 bits per heavy atom. The SMILES string of the molecule is CC(=O)N1CCc2cc(Br)cc(NC(=O)CC34CC5CC(CC(C5)C3)C4)c21. The van der Waals surface area contributed by atoms with E-state index in [0.717, 1.165) is 45.6 Å². The second kappa shape index (κ2) is 6.33. The average molecular weight is 431 g/mol. The first-order valence-corrected chi connectivity index (χ1v) is 11.1. The van der Waals surface area contributed by atoms with Crippen LogP contribution >= 0.6 is 15.9 Å². The molecular formula is C22H27BrN2O2. The topological polar surface area (TPSA) is 49.4 Å². The molecule has 5 heteroatoms. The van der Waals surface area contributed by atoms with Gasteiger partial charge in [0.25, 0.3) is 0 Å². The molecule has 0 aromatic heterocycles. The summed E-state index contributed by atoms with van der Waals surface area (Å²) in [5.74, 6) is 2.72. The Labute approximate surface area is 169 Å². The molecule has 1 aromatic carbocycles. The quantitative estimate of drug-likeness (QED) is 0.740. The fraction of sp³-hybridized carbons (Fsp3) is 0.636. The van der Waals surface area contributed by atoms with Gasteiger partial charge in [0.1, 0.15) is 0 Å². The van der Waals surface area contributed by atoms with Crippen LogP contribution < -0.4 is 10.2 Å². The number of hydrogen-bond acceptors (Lipinski definition) is 2. The predicted molar refractivity (Wildman–Crippen MR) is 110 cm³/mol. The van der Waals surface area contributed by atoms with E-state index in [1.807, 2.05) is 6.07 Å². The highest BCUT2D eigenvalue weighted by molar-refractivity contribution is 9.10. The van der Waals surface area contributed by atoms with Crippen LogP contribution in [0.4, 0.5) is 11.4 Å². The van der Waals surface area contributed by atoms with Gasteiger partial charge in [0.2, 0.25) is 11.8 Å². The summed E-state index contributed by atoms with van der Waals surface area (Å²) in [5, 5.41) is 3.18. The average Bonchev–Trinajstić information content (AvgIpc) is 2.96. The van der Waals surface area contributed by atoms with E-state index in [1.165, 1.54) is 38.5 Å². The zero-order chi connectivity index (χ0) is 18.8. The van der Waals surface area contributed by atoms with E-state index in [2.05, 4.69) is 27.3 Å². The highest BCUT2D eigenvalue weighted by Gasteiger charge is 2.51. The van der Waals surface area contributed by atoms with Crippen molar-refractivity contribution >= 4 is 39.1 Å². The Balaban J connectivity index is 1.37. The first-order valence-electron chi connectivity index (χ1n) is 10.3. The molecule has 144 valence electrons. The third kappa shape index (κ3) is 3.12. The maximum Gasteiger partial charge on any atom is 0.224 e. The second-order valence-electron chi connectivity index (χ2n) is 9.52. The molecule has 1 aliphatic heterocycles. The number of nitrogens with one attached hydrogen (secondary N) is 1. The van der Waals surface area contributed by atoms with Crippen LogP contribution in [0.5, 0.6) is 0 Å². The van der Waals surface area contributed by atoms with Crippen molar-refractivity contribution in [2.45, 2.75) is 58.3 Å². The maximum atomic E-state index is 13.1. The van der Waals surface area contributed by atoms with Crippen LogP contribution in [0, 0.1) is 23.2 Å². The molecule has 1 N–H and O–H groups in total. The summed E-state index contributed by atoms with van der Waals surface area (Å²) in [7, 11) is 0. The van der Waals surface area contributed by atoms with Gasteiger partial charge in [-0.05, 0) is 85.8 Å². The van der Waals surface area contributed by atoms with Crippen LogP contribution in [-0.4, -0.2) is 18.4 Å². The van der Waals surface area contributed by atoms with E-state index >= 15 is 0 Å². The fourth-order valence-electron chi connectivity index (χ4n) is 6.96. The van der Waals surface area contributed by atoms with Gasteiger partial charge in [0, 0.05) is 24.4 Å². The number of amides is 2. The molecule has 4 aliphatic carbocycles. The van der Waals surface area contributed by atoms with Crippen LogP contribution in [0.1, 0.15) is 57.4 Å². The maximum absolute atomic E-state index is 13.1. The summed E-state index contributed by atoms with van der Waals surface area (Å²) in [6.07, 6.45) is 9.38. The van der Waals surface area contributed by atoms with Gasteiger partial charge in [-0.15, -0.1) is 0 Å². The molecule has 5 aliphatic rings. The van der Waals surface area contributed by atoms with Crippen LogP contribution in [0.3, 0.4) is 0 Å². The first-order chi connectivity index (χ1) is 12.9. The third-order valence-corrected chi connectivity index (χ3v) is 7.84. The minimum absolute atomic E-state index is 0.0349. The van der Waals surface area contributed by atoms with Crippen LogP contribution in [-0.2, 0) is 16.0 Å². The molecule has 4 bridgehead atoms. The van der Waals surface area contributed by atoms with Crippen molar-refractivity contribution in [3.63, 3.8) is 0 Å². The van der Waals surface area contributed by atoms with Gasteiger partial charge in [0.05, 0.1) is 11.4 Å². The molecule has 0 atom stereocenters. The van der Waals surface area contributed by atoms with Gasteiger partial charge in [-0.1, -0.05) is 15.9 Å². The Morgan fingerprint density at radius 1 is 1.15 bits per heavy atom. The highest BCUT2D eigenvalue weighted by Crippen LogP contribution is 2.61. The second-order valence-corrected chi connectivity index (χ2v) is 10.4. The highest BCUT2D eigenvalue weighted by atomic mass is 79.9. The summed E-state index contributed by atoms with van der Waals surface area (Å²) in [5.41, 5.74) is 3.03. The number of rotatable bonds is 3. The minimum Gasteiger partial charge on any atom is -0.324 e. The molecule has 0 saturated heterocycles. The number of hydrogen-bond donors (Lipinski definition) is 1. The summed E-state index contributed by atoms with van der Waals surface area (Å²) >= 11 is 3.56. The number of carbonyl (C=O) groups is 2. The Kier molecular flexibility index (Phi) is 4.15. The molecule has 0 radical (unpaired) electrons. The van der Waals surface area contributed by atoms with Crippen LogP contribution in [0.25, 0.3) is 0 Å². The summed E-state index contributed by atoms with van der Waals surface area (Å²) < 4.78 is 0.955. The molecule has 27 heavy (non-hydrogen) atoms. The number of nitrogens with zero attached hydrogens (tertiary/aromatic N) is 1. The zero-order valence-electron chi connectivity index (χ0n) is 15.9. The van der Waals surface area contributed by atoms with E-state index < -0.39 is 0 Å². The summed E-state index contributed by atoms with van der Waals surface area (Å²) in [4.78, 5) is 26.9. The van der Waals surface area contributed by atoms with Crippen LogP contribution in [0.15, 0.2) is 16.6 Å². The molecule has 1 aromatic rings. The van der Waals surface area contributed by atoms with Crippen LogP contribution in [0.2, 0.25) is 0 Å². The number of anilines is 2. The molecule has 0 spiro atoms. The third-order valence-electron chi connectivity index (χ3n) is 7.38. The van der Waals surface area contributed by atoms with E-state index in [1.54, 1.807) is 11.8 Å². The molecule has 2 amide bonds. The van der Waals surface area contributed by atoms with Crippen molar-refractivity contribution < 1.29 is 9.59 Å². The van der Waals surface area contributed by atoms with Crippen molar-refractivity contribution in [2.24, 2.45) is 23.2 Å². The predicted octanol–water partition coefficient (Wildman–Crippen LogP) is 4.90. The van der Waals surface area contributed by atoms with Crippen molar-refractivity contribution in [1.29, 1.82) is 0 Å². The van der Waals surface area contributed by atoms with Crippen molar-refractivity contribution in [3.05, 3.63) is 22.2 Å². The monoisotopic (exact) mass is 430 g/mol.